The maximum Gasteiger partial charge on any atom is 0.204 e. The fourth-order valence-corrected chi connectivity index (χ4v) is 4.82. The second-order valence-corrected chi connectivity index (χ2v) is 8.40. The van der Waals surface area contributed by atoms with E-state index < -0.39 is 4.71 Å². The second-order valence-electron chi connectivity index (χ2n) is 8.16. The highest BCUT2D eigenvalue weighted by molar-refractivity contribution is 6.17. The fraction of sp³-hybridized carbons (Fsp3) is 0.455. The van der Waals surface area contributed by atoms with Gasteiger partial charge in [0.15, 0.2) is 19.1 Å². The third-order valence-electron chi connectivity index (χ3n) is 6.34. The molecule has 0 saturated carbocycles. The summed E-state index contributed by atoms with van der Waals surface area (Å²) >= 11 is 6.31. The Morgan fingerprint density at radius 2 is 1.70 bits per heavy atom. The first-order chi connectivity index (χ1) is 13.0. The van der Waals surface area contributed by atoms with Gasteiger partial charge < -0.3 is 4.74 Å². The molecular weight excluding hydrogens is 363 g/mol. The molecule has 3 heterocycles. The summed E-state index contributed by atoms with van der Waals surface area (Å²) in [5.41, 5.74) is 3.39. The predicted octanol–water partition coefficient (Wildman–Crippen LogP) is 4.36. The summed E-state index contributed by atoms with van der Waals surface area (Å²) in [6.07, 6.45) is -0.279. The standard InChI is InChI=1S/C22H28ClFN2O/c1-18-7-9-19(10-8-18)16-27-22(20-5-3-2-4-6-20)21-15-25(17-23)11-13-26(21,24)14-12-25/h2-10,21-22H,11-17H2,1H3/q+2/t21?,22-,25?,26?/m1/s1. The van der Waals surface area contributed by atoms with Crippen molar-refractivity contribution >= 4 is 11.6 Å². The van der Waals surface area contributed by atoms with E-state index in [1.807, 2.05) is 18.2 Å². The molecule has 2 bridgehead atoms. The lowest BCUT2D eigenvalue weighted by Crippen LogP contribution is -2.77. The molecule has 5 rings (SSSR count). The van der Waals surface area contributed by atoms with Gasteiger partial charge >= 0.3 is 0 Å². The Labute approximate surface area is 166 Å². The number of nitrogens with zero attached hydrogens (tertiary/aromatic N) is 2. The molecule has 3 saturated heterocycles. The van der Waals surface area contributed by atoms with E-state index in [4.69, 9.17) is 16.3 Å². The number of rotatable bonds is 6. The van der Waals surface area contributed by atoms with Crippen LogP contribution in [0.1, 0.15) is 22.8 Å². The van der Waals surface area contributed by atoms with Gasteiger partial charge in [-0.15, -0.1) is 4.71 Å². The minimum atomic E-state index is -0.398. The highest BCUT2D eigenvalue weighted by atomic mass is 35.5. The van der Waals surface area contributed by atoms with Gasteiger partial charge in [-0.3, -0.25) is 4.48 Å². The van der Waals surface area contributed by atoms with Crippen molar-refractivity contribution in [2.24, 2.45) is 0 Å². The SMILES string of the molecule is Cc1ccc(CO[C@H](c2ccccc2)C2C[N+]3(CCl)CC[N+]2(F)CC3)cc1. The van der Waals surface area contributed by atoms with Crippen molar-refractivity contribution in [3.05, 3.63) is 71.3 Å². The Hall–Kier alpha value is -1.46. The number of fused-ring (bicyclic) bond motifs is 3. The number of piperazine rings is 3. The number of quaternary nitrogens is 2. The predicted molar refractivity (Wildman–Crippen MR) is 106 cm³/mol. The summed E-state index contributed by atoms with van der Waals surface area (Å²) in [7, 11) is 0. The van der Waals surface area contributed by atoms with Gasteiger partial charge in [0, 0.05) is 0 Å². The van der Waals surface area contributed by atoms with E-state index >= 15 is 4.48 Å². The minimum Gasteiger partial charge on any atom is -0.362 e. The summed E-state index contributed by atoms with van der Waals surface area (Å²) in [4.78, 5) is 0. The molecule has 0 N–H and O–H groups in total. The van der Waals surface area contributed by atoms with E-state index in [0.717, 1.165) is 35.2 Å². The highest BCUT2D eigenvalue weighted by Gasteiger charge is 2.60. The summed E-state index contributed by atoms with van der Waals surface area (Å²) < 4.78 is 22.6. The molecule has 3 aliphatic heterocycles. The Balaban J connectivity index is 1.61. The minimum absolute atomic E-state index is 0.223. The van der Waals surface area contributed by atoms with Crippen LogP contribution >= 0.6 is 11.6 Å². The van der Waals surface area contributed by atoms with Crippen molar-refractivity contribution in [3.8, 4) is 0 Å². The number of alkyl halides is 1. The van der Waals surface area contributed by atoms with Crippen LogP contribution in [0.5, 0.6) is 0 Å². The number of hydrogen-bond acceptors (Lipinski definition) is 1. The van der Waals surface area contributed by atoms with Crippen molar-refractivity contribution in [2.75, 3.05) is 38.7 Å². The van der Waals surface area contributed by atoms with Crippen molar-refractivity contribution in [1.82, 2.24) is 0 Å². The topological polar surface area (TPSA) is 9.23 Å². The van der Waals surface area contributed by atoms with Crippen LogP contribution in [-0.2, 0) is 11.3 Å². The maximum absolute atomic E-state index is 15.8. The molecule has 3 nitrogen and oxygen atoms in total. The summed E-state index contributed by atoms with van der Waals surface area (Å²) in [5, 5.41) is 0. The Morgan fingerprint density at radius 3 is 2.33 bits per heavy atom. The molecule has 2 atom stereocenters. The van der Waals surface area contributed by atoms with E-state index in [-0.39, 0.29) is 12.1 Å². The first kappa shape index (κ1) is 18.9. The van der Waals surface area contributed by atoms with Gasteiger partial charge in [0.1, 0.15) is 25.7 Å². The maximum atomic E-state index is 15.8. The van der Waals surface area contributed by atoms with E-state index in [9.17, 15) is 0 Å². The lowest BCUT2D eigenvalue weighted by molar-refractivity contribution is -1.16. The molecule has 3 fully saturated rings. The monoisotopic (exact) mass is 390 g/mol. The number of hydrogen-bond donors (Lipinski definition) is 0. The van der Waals surface area contributed by atoms with Crippen LogP contribution in [0.4, 0.5) is 4.48 Å². The van der Waals surface area contributed by atoms with E-state index in [2.05, 4.69) is 43.3 Å². The molecule has 2 aromatic rings. The first-order valence-electron chi connectivity index (χ1n) is 9.73. The second kappa shape index (κ2) is 7.51. The van der Waals surface area contributed by atoms with Crippen LogP contribution in [0.3, 0.4) is 0 Å². The summed E-state index contributed by atoms with van der Waals surface area (Å²) in [6, 6.07) is 18.8. The van der Waals surface area contributed by atoms with Crippen molar-refractivity contribution in [2.45, 2.75) is 25.7 Å². The lowest BCUT2D eigenvalue weighted by Gasteiger charge is -2.54. The molecule has 5 heteroatoms. The molecule has 0 amide bonds. The van der Waals surface area contributed by atoms with Gasteiger partial charge in [0.05, 0.1) is 6.61 Å². The van der Waals surface area contributed by atoms with E-state index in [1.165, 1.54) is 5.56 Å². The Kier molecular flexibility index (Phi) is 5.26. The summed E-state index contributed by atoms with van der Waals surface area (Å²) in [6.45, 7) is 5.96. The average Bonchev–Trinajstić information content (AvgIpc) is 2.71. The highest BCUT2D eigenvalue weighted by Crippen LogP contribution is 2.40. The third-order valence-corrected chi connectivity index (χ3v) is 6.85. The third kappa shape index (κ3) is 3.77. The van der Waals surface area contributed by atoms with Gasteiger partial charge in [-0.05, 0) is 22.5 Å². The molecule has 144 valence electrons. The van der Waals surface area contributed by atoms with Gasteiger partial charge in [-0.25, -0.2) is 0 Å². The van der Waals surface area contributed by atoms with Crippen LogP contribution in [0.15, 0.2) is 54.6 Å². The van der Waals surface area contributed by atoms with E-state index in [1.54, 1.807) is 0 Å². The zero-order chi connectivity index (χ0) is 18.9. The largest absolute Gasteiger partial charge is 0.362 e. The van der Waals surface area contributed by atoms with Gasteiger partial charge in [-0.1, -0.05) is 71.8 Å². The van der Waals surface area contributed by atoms with Crippen LogP contribution < -0.4 is 0 Å². The van der Waals surface area contributed by atoms with Crippen LogP contribution in [0.2, 0.25) is 0 Å². The van der Waals surface area contributed by atoms with Crippen LogP contribution in [0, 0.1) is 6.92 Å². The zero-order valence-corrected chi connectivity index (χ0v) is 16.6. The molecule has 1 unspecified atom stereocenters. The molecule has 3 aliphatic rings. The molecule has 0 spiro atoms. The number of halogens is 2. The zero-order valence-electron chi connectivity index (χ0n) is 15.9. The molecule has 2 aromatic carbocycles. The smallest absolute Gasteiger partial charge is 0.204 e. The van der Waals surface area contributed by atoms with Gasteiger partial charge in [0.25, 0.3) is 0 Å². The fourth-order valence-electron chi connectivity index (χ4n) is 4.49. The van der Waals surface area contributed by atoms with Crippen molar-refractivity contribution < 1.29 is 18.4 Å². The Morgan fingerprint density at radius 1 is 1.04 bits per heavy atom. The number of aryl methyl sites for hydroxylation is 1. The molecule has 0 aromatic heterocycles. The lowest BCUT2D eigenvalue weighted by atomic mass is 9.94. The van der Waals surface area contributed by atoms with Gasteiger partial charge in [-0.2, -0.15) is 0 Å². The molecular formula is C22H28ClFN2O+2. The summed E-state index contributed by atoms with van der Waals surface area (Å²) in [5.74, 6) is 0. The van der Waals surface area contributed by atoms with Crippen molar-refractivity contribution in [1.29, 1.82) is 0 Å². The van der Waals surface area contributed by atoms with Crippen molar-refractivity contribution in [3.63, 3.8) is 0 Å². The van der Waals surface area contributed by atoms with Crippen LogP contribution in [-0.4, -0.2) is 54.0 Å². The molecule has 0 radical (unpaired) electrons. The normalized spacial score (nSPS) is 31.0. The van der Waals surface area contributed by atoms with Crippen LogP contribution in [0.25, 0.3) is 0 Å². The molecule has 27 heavy (non-hydrogen) atoms. The number of benzene rings is 2. The first-order valence-corrected chi connectivity index (χ1v) is 10.3. The molecule has 0 aliphatic carbocycles. The quantitative estimate of drug-likeness (QED) is 0.308. The Bertz CT molecular complexity index is 760. The average molecular weight is 391 g/mol. The van der Waals surface area contributed by atoms with Gasteiger partial charge in [0.2, 0.25) is 6.04 Å². The van der Waals surface area contributed by atoms with E-state index in [0.29, 0.717) is 25.7 Å². The number of ether oxygens (including phenoxy) is 1.